The fraction of sp³-hybridized carbons (Fsp3) is 0.238. The molecule has 3 aromatic carbocycles. The molecule has 126 valence electrons. The van der Waals surface area contributed by atoms with Gasteiger partial charge in [-0.2, -0.15) is 0 Å². The summed E-state index contributed by atoms with van der Waals surface area (Å²) < 4.78 is 52.7. The van der Waals surface area contributed by atoms with Crippen LogP contribution in [0, 0.1) is 0 Å². The van der Waals surface area contributed by atoms with E-state index in [-0.39, 0.29) is 25.4 Å². The summed E-state index contributed by atoms with van der Waals surface area (Å²) in [5.74, 6) is 0.684. The molecular weight excluding hydrogens is 318 g/mol. The van der Waals surface area contributed by atoms with E-state index >= 15 is 0 Å². The number of nitrogens with zero attached hydrogens (tertiary/aromatic N) is 1. The van der Waals surface area contributed by atoms with Crippen LogP contribution in [0.1, 0.15) is 26.3 Å². The molecule has 0 saturated carbocycles. The lowest BCUT2D eigenvalue weighted by Crippen LogP contribution is -2.22. The predicted molar refractivity (Wildman–Crippen MR) is 104 cm³/mol. The van der Waals surface area contributed by atoms with E-state index in [1.54, 1.807) is 24.3 Å². The minimum atomic E-state index is -2.77. The van der Waals surface area contributed by atoms with E-state index in [4.69, 9.17) is 13.0 Å². The summed E-state index contributed by atoms with van der Waals surface area (Å²) in [6.45, 7) is -5.37. The molecule has 0 aliphatic heterocycles. The number of hydrogen-bond donors (Lipinski definition) is 0. The first kappa shape index (κ1) is 11.5. The van der Waals surface area contributed by atoms with Gasteiger partial charge in [-0.05, 0) is 31.0 Å². The molecule has 3 aromatic rings. The maximum absolute atomic E-state index is 7.79. The zero-order valence-corrected chi connectivity index (χ0v) is 14.0. The molecule has 0 N–H and O–H groups in total. The van der Waals surface area contributed by atoms with E-state index < -0.39 is 20.0 Å². The SMILES string of the molecule is Cl.[2H]C([2H])([2H])N(C(CCOc1cccc2ccccc12)c1ccccc1)C([2H])([2H])[2H]. The van der Waals surface area contributed by atoms with Crippen LogP contribution < -0.4 is 4.74 Å². The molecule has 0 saturated heterocycles. The van der Waals surface area contributed by atoms with Gasteiger partial charge in [0.1, 0.15) is 5.75 Å². The number of rotatable bonds is 6. The van der Waals surface area contributed by atoms with Gasteiger partial charge in [-0.25, -0.2) is 0 Å². The van der Waals surface area contributed by atoms with Crippen molar-refractivity contribution in [2.24, 2.45) is 0 Å². The van der Waals surface area contributed by atoms with Crippen LogP contribution in [0.4, 0.5) is 0 Å². The Morgan fingerprint density at radius 2 is 1.62 bits per heavy atom. The first-order valence-electron chi connectivity index (χ1n) is 10.6. The maximum Gasteiger partial charge on any atom is 0.127 e. The Labute approximate surface area is 158 Å². The van der Waals surface area contributed by atoms with Crippen molar-refractivity contribution in [1.29, 1.82) is 0 Å². The van der Waals surface area contributed by atoms with Crippen molar-refractivity contribution in [1.82, 2.24) is 4.90 Å². The molecule has 0 radical (unpaired) electrons. The first-order valence-corrected chi connectivity index (χ1v) is 7.63. The van der Waals surface area contributed by atoms with Crippen molar-refractivity contribution < 1.29 is 13.0 Å². The zero-order valence-electron chi connectivity index (χ0n) is 19.2. The molecule has 3 heteroatoms. The number of halogens is 1. The summed E-state index contributed by atoms with van der Waals surface area (Å²) in [6, 6.07) is 21.5. The normalized spacial score (nSPS) is 16.7. The third kappa shape index (κ3) is 4.28. The molecule has 24 heavy (non-hydrogen) atoms. The minimum Gasteiger partial charge on any atom is -0.493 e. The Morgan fingerprint density at radius 3 is 2.42 bits per heavy atom. The van der Waals surface area contributed by atoms with Crippen LogP contribution in [0.15, 0.2) is 72.8 Å². The third-order valence-corrected chi connectivity index (χ3v) is 3.89. The molecule has 1 unspecified atom stereocenters. The van der Waals surface area contributed by atoms with Gasteiger partial charge in [0.2, 0.25) is 0 Å². The second-order valence-corrected chi connectivity index (χ2v) is 5.41. The van der Waals surface area contributed by atoms with Gasteiger partial charge in [0.15, 0.2) is 0 Å². The standard InChI is InChI=1S/C21H23NO.ClH/c1-22(2)20(18-10-4-3-5-11-18)15-16-23-21-14-8-12-17-9-6-7-13-19(17)21;/h3-14,20H,15-16H2,1-2H3;1H/i1D3,2D3;. The molecule has 2 nitrogen and oxygen atoms in total. The van der Waals surface area contributed by atoms with Crippen molar-refractivity contribution in [2.75, 3.05) is 20.6 Å². The lowest BCUT2D eigenvalue weighted by atomic mass is 10.0. The Hall–Kier alpha value is -2.03. The van der Waals surface area contributed by atoms with Gasteiger partial charge in [-0.15, -0.1) is 12.4 Å². The van der Waals surface area contributed by atoms with E-state index in [0.29, 0.717) is 16.2 Å². The second-order valence-electron chi connectivity index (χ2n) is 5.41. The van der Waals surface area contributed by atoms with E-state index in [1.807, 2.05) is 48.5 Å². The molecule has 0 heterocycles. The van der Waals surface area contributed by atoms with Gasteiger partial charge in [0.05, 0.1) is 6.61 Å². The Morgan fingerprint density at radius 1 is 0.917 bits per heavy atom. The topological polar surface area (TPSA) is 12.5 Å². The summed E-state index contributed by atoms with van der Waals surface area (Å²) in [5, 5.41) is 1.99. The third-order valence-electron chi connectivity index (χ3n) is 3.89. The number of fused-ring (bicyclic) bond motifs is 1. The fourth-order valence-electron chi connectivity index (χ4n) is 2.72. The van der Waals surface area contributed by atoms with Crippen molar-refractivity contribution >= 4 is 23.2 Å². The van der Waals surface area contributed by atoms with Gasteiger partial charge in [0, 0.05) is 26.1 Å². The highest BCUT2D eigenvalue weighted by Crippen LogP contribution is 2.27. The second kappa shape index (κ2) is 8.72. The van der Waals surface area contributed by atoms with Crippen molar-refractivity contribution in [2.45, 2.75) is 12.5 Å². The molecule has 1 atom stereocenters. The highest BCUT2D eigenvalue weighted by molar-refractivity contribution is 5.88. The van der Waals surface area contributed by atoms with Crippen LogP contribution in [0.2, 0.25) is 0 Å². The number of hydrogen-bond acceptors (Lipinski definition) is 2. The van der Waals surface area contributed by atoms with Crippen LogP contribution in [0.3, 0.4) is 0 Å². The van der Waals surface area contributed by atoms with Crippen molar-refractivity contribution in [3.05, 3.63) is 78.4 Å². The highest BCUT2D eigenvalue weighted by Gasteiger charge is 2.14. The summed E-state index contributed by atoms with van der Waals surface area (Å²) in [4.78, 5) is 0.627. The summed E-state index contributed by atoms with van der Waals surface area (Å²) in [7, 11) is 0. The fourth-order valence-corrected chi connectivity index (χ4v) is 2.72. The lowest BCUT2D eigenvalue weighted by molar-refractivity contribution is 0.225. The molecule has 0 aliphatic carbocycles. The first-order chi connectivity index (χ1) is 13.7. The van der Waals surface area contributed by atoms with Crippen LogP contribution in [0.5, 0.6) is 5.75 Å². The summed E-state index contributed by atoms with van der Waals surface area (Å²) >= 11 is 0. The van der Waals surface area contributed by atoms with E-state index in [1.165, 1.54) is 0 Å². The minimum absolute atomic E-state index is 0. The van der Waals surface area contributed by atoms with Gasteiger partial charge >= 0.3 is 0 Å². The van der Waals surface area contributed by atoms with Crippen LogP contribution in [-0.4, -0.2) is 25.5 Å². The van der Waals surface area contributed by atoms with Crippen LogP contribution in [-0.2, 0) is 0 Å². The Bertz CT molecular complexity index is 926. The van der Waals surface area contributed by atoms with E-state index in [2.05, 4.69) is 0 Å². The lowest BCUT2D eigenvalue weighted by Gasteiger charge is -2.25. The molecule has 0 spiro atoms. The molecule has 3 rings (SSSR count). The zero-order chi connectivity index (χ0) is 21.1. The van der Waals surface area contributed by atoms with Gasteiger partial charge in [-0.3, -0.25) is 0 Å². The number of benzene rings is 3. The van der Waals surface area contributed by atoms with Crippen LogP contribution >= 0.6 is 12.4 Å². The average molecular weight is 348 g/mol. The quantitative estimate of drug-likeness (QED) is 0.597. The highest BCUT2D eigenvalue weighted by atomic mass is 35.5. The molecular formula is C21H24ClNO. The van der Waals surface area contributed by atoms with Crippen molar-refractivity contribution in [3.8, 4) is 5.75 Å². The van der Waals surface area contributed by atoms with E-state index in [0.717, 1.165) is 10.8 Å². The molecule has 0 aliphatic rings. The van der Waals surface area contributed by atoms with Crippen LogP contribution in [0.25, 0.3) is 10.8 Å². The summed E-state index contributed by atoms with van der Waals surface area (Å²) in [6.07, 6.45) is 0.212. The largest absolute Gasteiger partial charge is 0.493 e. The number of ether oxygens (including phenoxy) is 1. The summed E-state index contributed by atoms with van der Waals surface area (Å²) in [5.41, 5.74) is 0.626. The molecule has 0 amide bonds. The van der Waals surface area contributed by atoms with Gasteiger partial charge in [-0.1, -0.05) is 66.7 Å². The van der Waals surface area contributed by atoms with E-state index in [9.17, 15) is 0 Å². The smallest absolute Gasteiger partial charge is 0.127 e. The molecule has 0 bridgehead atoms. The predicted octanol–water partition coefficient (Wildman–Crippen LogP) is 5.33. The molecule has 0 fully saturated rings. The van der Waals surface area contributed by atoms with Gasteiger partial charge in [0.25, 0.3) is 0 Å². The molecule has 0 aromatic heterocycles. The Kier molecular flexibility index (Phi) is 4.18. The average Bonchev–Trinajstić information content (AvgIpc) is 2.66. The monoisotopic (exact) mass is 347 g/mol. The maximum atomic E-state index is 7.79. The van der Waals surface area contributed by atoms with Crippen molar-refractivity contribution in [3.63, 3.8) is 0 Å². The Balaban J connectivity index is 0.00000320. The van der Waals surface area contributed by atoms with Gasteiger partial charge < -0.3 is 9.64 Å².